The molecular weight excluding hydrogens is 264 g/mol. The van der Waals surface area contributed by atoms with Gasteiger partial charge in [0.15, 0.2) is 0 Å². The van der Waals surface area contributed by atoms with Crippen LogP contribution in [0.15, 0.2) is 18.2 Å². The molecule has 0 aliphatic carbocycles. The van der Waals surface area contributed by atoms with Crippen LogP contribution >= 0.6 is 0 Å². The average Bonchev–Trinajstić information content (AvgIpc) is 2.45. The van der Waals surface area contributed by atoms with Crippen LogP contribution in [0.3, 0.4) is 0 Å². The minimum atomic E-state index is -0.407. The predicted octanol–water partition coefficient (Wildman–Crippen LogP) is 5.14. The molecule has 1 aromatic rings. The van der Waals surface area contributed by atoms with Crippen LogP contribution in [-0.2, 0) is 9.78 Å². The van der Waals surface area contributed by atoms with Gasteiger partial charge in [-0.2, -0.15) is 4.89 Å². The van der Waals surface area contributed by atoms with Gasteiger partial charge >= 0.3 is 5.97 Å². The number of hydrogen-bond donors (Lipinski definition) is 0. The zero-order chi connectivity index (χ0) is 15.5. The number of carbonyl (C=O) groups excluding carboxylic acids is 1. The van der Waals surface area contributed by atoms with Gasteiger partial charge in [0.25, 0.3) is 0 Å². The smallest absolute Gasteiger partial charge is 0.293 e. The maximum Gasteiger partial charge on any atom is 0.373 e. The van der Waals surface area contributed by atoms with Gasteiger partial charge in [-0.25, -0.2) is 4.79 Å². The molecular formula is C18H28O3. The van der Waals surface area contributed by atoms with E-state index >= 15 is 0 Å². The number of carbonyl (C=O) groups is 1. The van der Waals surface area contributed by atoms with Crippen molar-refractivity contribution in [1.82, 2.24) is 0 Å². The highest BCUT2D eigenvalue weighted by atomic mass is 17.2. The van der Waals surface area contributed by atoms with E-state index in [9.17, 15) is 4.79 Å². The minimum Gasteiger partial charge on any atom is -0.293 e. The van der Waals surface area contributed by atoms with E-state index in [2.05, 4.69) is 6.92 Å². The van der Waals surface area contributed by atoms with E-state index in [1.54, 1.807) is 6.07 Å². The lowest BCUT2D eigenvalue weighted by Gasteiger charge is -2.06. The van der Waals surface area contributed by atoms with E-state index in [4.69, 9.17) is 9.78 Å². The molecule has 0 saturated heterocycles. The summed E-state index contributed by atoms with van der Waals surface area (Å²) in [4.78, 5) is 21.7. The summed E-state index contributed by atoms with van der Waals surface area (Å²) in [5.41, 5.74) is 2.62. The molecule has 3 heteroatoms. The molecule has 0 amide bonds. The molecule has 118 valence electrons. The van der Waals surface area contributed by atoms with E-state index in [1.807, 2.05) is 26.0 Å². The first-order chi connectivity index (χ1) is 10.1. The van der Waals surface area contributed by atoms with Crippen LogP contribution in [0.5, 0.6) is 0 Å². The zero-order valence-electron chi connectivity index (χ0n) is 13.6. The second-order valence-corrected chi connectivity index (χ2v) is 5.63. The Morgan fingerprint density at radius 3 is 2.33 bits per heavy atom. The maximum atomic E-state index is 11.8. The van der Waals surface area contributed by atoms with Crippen LogP contribution < -0.4 is 0 Å². The number of hydrogen-bond acceptors (Lipinski definition) is 3. The fraction of sp³-hybridized carbons (Fsp3) is 0.611. The number of unbranched alkanes of at least 4 members (excludes halogenated alkanes) is 6. The average molecular weight is 292 g/mol. The van der Waals surface area contributed by atoms with Crippen LogP contribution in [0.2, 0.25) is 0 Å². The second kappa shape index (κ2) is 10.4. The molecule has 0 aromatic heterocycles. The molecule has 0 atom stereocenters. The van der Waals surface area contributed by atoms with Gasteiger partial charge in [0.05, 0.1) is 12.2 Å². The Morgan fingerprint density at radius 2 is 1.67 bits per heavy atom. The van der Waals surface area contributed by atoms with Crippen molar-refractivity contribution in [1.29, 1.82) is 0 Å². The summed E-state index contributed by atoms with van der Waals surface area (Å²) < 4.78 is 0. The monoisotopic (exact) mass is 292 g/mol. The Bertz CT molecular complexity index is 426. The lowest BCUT2D eigenvalue weighted by molar-refractivity contribution is -0.241. The summed E-state index contributed by atoms with van der Waals surface area (Å²) in [6.07, 6.45) is 8.50. The summed E-state index contributed by atoms with van der Waals surface area (Å²) in [5, 5.41) is 0. The molecule has 21 heavy (non-hydrogen) atoms. The molecule has 0 bridgehead atoms. The minimum absolute atomic E-state index is 0.407. The normalized spacial score (nSPS) is 10.6. The largest absolute Gasteiger partial charge is 0.373 e. The first-order valence-electron chi connectivity index (χ1n) is 8.06. The Morgan fingerprint density at radius 1 is 1.00 bits per heavy atom. The molecule has 0 fully saturated rings. The van der Waals surface area contributed by atoms with Crippen molar-refractivity contribution in [3.8, 4) is 0 Å². The van der Waals surface area contributed by atoms with Crippen molar-refractivity contribution in [2.24, 2.45) is 0 Å². The third-order valence-corrected chi connectivity index (χ3v) is 3.57. The van der Waals surface area contributed by atoms with Crippen LogP contribution in [0.25, 0.3) is 0 Å². The van der Waals surface area contributed by atoms with E-state index in [0.717, 1.165) is 24.0 Å². The topological polar surface area (TPSA) is 35.5 Å². The third kappa shape index (κ3) is 7.28. The highest BCUT2D eigenvalue weighted by Crippen LogP contribution is 2.12. The molecule has 0 saturated carbocycles. The fourth-order valence-electron chi connectivity index (χ4n) is 2.30. The quantitative estimate of drug-likeness (QED) is 0.340. The van der Waals surface area contributed by atoms with Gasteiger partial charge < -0.3 is 0 Å². The van der Waals surface area contributed by atoms with Crippen LogP contribution in [0, 0.1) is 13.8 Å². The summed E-state index contributed by atoms with van der Waals surface area (Å²) >= 11 is 0. The van der Waals surface area contributed by atoms with Crippen LogP contribution in [0.4, 0.5) is 0 Å². The maximum absolute atomic E-state index is 11.8. The molecule has 0 radical (unpaired) electrons. The Labute approximate surface area is 128 Å². The molecule has 0 N–H and O–H groups in total. The van der Waals surface area contributed by atoms with Crippen molar-refractivity contribution < 1.29 is 14.6 Å². The number of aryl methyl sites for hydroxylation is 2. The summed E-state index contributed by atoms with van der Waals surface area (Å²) in [5.74, 6) is -0.407. The lowest BCUT2D eigenvalue weighted by Crippen LogP contribution is -2.08. The zero-order valence-corrected chi connectivity index (χ0v) is 13.6. The van der Waals surface area contributed by atoms with Gasteiger partial charge in [-0.1, -0.05) is 63.1 Å². The Hall–Kier alpha value is -1.35. The molecule has 0 heterocycles. The first kappa shape index (κ1) is 17.7. The van der Waals surface area contributed by atoms with Crippen molar-refractivity contribution in [3.05, 3.63) is 34.9 Å². The fourth-order valence-corrected chi connectivity index (χ4v) is 2.30. The SMILES string of the molecule is CCCCCCCCCOOC(=O)c1ccc(C)cc1C. The Kier molecular flexibility index (Phi) is 8.76. The van der Waals surface area contributed by atoms with Crippen molar-refractivity contribution in [2.45, 2.75) is 65.7 Å². The summed E-state index contributed by atoms with van der Waals surface area (Å²) in [7, 11) is 0. The van der Waals surface area contributed by atoms with Crippen LogP contribution in [-0.4, -0.2) is 12.6 Å². The molecule has 3 nitrogen and oxygen atoms in total. The van der Waals surface area contributed by atoms with Gasteiger partial charge in [0.1, 0.15) is 0 Å². The highest BCUT2D eigenvalue weighted by Gasteiger charge is 2.11. The van der Waals surface area contributed by atoms with Gasteiger partial charge in [-0.3, -0.25) is 4.89 Å². The Balaban J connectivity index is 2.11. The van der Waals surface area contributed by atoms with Gasteiger partial charge in [0.2, 0.25) is 0 Å². The number of benzene rings is 1. The lowest BCUT2D eigenvalue weighted by atomic mass is 10.1. The van der Waals surface area contributed by atoms with Gasteiger partial charge in [-0.05, 0) is 31.9 Å². The van der Waals surface area contributed by atoms with E-state index < -0.39 is 5.97 Å². The van der Waals surface area contributed by atoms with Crippen molar-refractivity contribution >= 4 is 5.97 Å². The molecule has 0 spiro atoms. The van der Waals surface area contributed by atoms with Gasteiger partial charge in [-0.15, -0.1) is 0 Å². The highest BCUT2D eigenvalue weighted by molar-refractivity contribution is 5.90. The first-order valence-corrected chi connectivity index (χ1v) is 8.06. The molecule has 1 rings (SSSR count). The van der Waals surface area contributed by atoms with Crippen molar-refractivity contribution in [2.75, 3.05) is 6.61 Å². The predicted molar refractivity (Wildman–Crippen MR) is 85.3 cm³/mol. The molecule has 0 unspecified atom stereocenters. The molecule has 1 aromatic carbocycles. The third-order valence-electron chi connectivity index (χ3n) is 3.57. The van der Waals surface area contributed by atoms with E-state index in [-0.39, 0.29) is 0 Å². The summed E-state index contributed by atoms with van der Waals surface area (Å²) in [6, 6.07) is 5.65. The van der Waals surface area contributed by atoms with E-state index in [0.29, 0.717) is 12.2 Å². The van der Waals surface area contributed by atoms with Crippen molar-refractivity contribution in [3.63, 3.8) is 0 Å². The molecule has 0 aliphatic rings. The molecule has 0 aliphatic heterocycles. The second-order valence-electron chi connectivity index (χ2n) is 5.63. The van der Waals surface area contributed by atoms with E-state index in [1.165, 1.54) is 32.1 Å². The van der Waals surface area contributed by atoms with Gasteiger partial charge in [0, 0.05) is 0 Å². The summed E-state index contributed by atoms with van der Waals surface area (Å²) in [6.45, 7) is 6.60. The standard InChI is InChI=1S/C18H28O3/c1-4-5-6-7-8-9-10-13-20-21-18(19)17-12-11-15(2)14-16(17)3/h11-12,14H,4-10,13H2,1-3H3. The van der Waals surface area contributed by atoms with Crippen LogP contribution in [0.1, 0.15) is 73.4 Å². The number of rotatable bonds is 10.